The molecule has 1 saturated heterocycles. The first-order valence-electron chi connectivity index (χ1n) is 10.0. The largest absolute Gasteiger partial charge is 0.325 e. The Labute approximate surface area is 165 Å². The number of carbonyl (C=O) groups is 1. The van der Waals surface area contributed by atoms with Gasteiger partial charge in [0.2, 0.25) is 5.91 Å². The van der Waals surface area contributed by atoms with Gasteiger partial charge in [0.1, 0.15) is 0 Å². The molecule has 2 aliphatic rings. The number of anilines is 1. The number of hydrogen-bond acceptors (Lipinski definition) is 3. The fourth-order valence-electron chi connectivity index (χ4n) is 4.65. The van der Waals surface area contributed by atoms with Crippen molar-refractivity contribution in [3.63, 3.8) is 0 Å². The van der Waals surface area contributed by atoms with Gasteiger partial charge >= 0.3 is 0 Å². The summed E-state index contributed by atoms with van der Waals surface area (Å²) in [4.78, 5) is 15.5. The van der Waals surface area contributed by atoms with E-state index in [0.29, 0.717) is 6.04 Å². The van der Waals surface area contributed by atoms with Crippen LogP contribution >= 0.6 is 0 Å². The van der Waals surface area contributed by atoms with Gasteiger partial charge in [-0.05, 0) is 67.6 Å². The summed E-state index contributed by atoms with van der Waals surface area (Å²) < 4.78 is 1.80. The standard InChI is InChI=1S/C23H24N4O/c28-23(25-19-8-3-9-20(16-19)27-13-5-11-24-27)22-10-4-12-26(22)21-14-17-6-1-2-7-18(17)15-21/h1-3,5-9,11,13,16,21-22H,4,10,12,14-15H2,(H,25,28)/t22-/m0/s1. The molecule has 1 aliphatic heterocycles. The van der Waals surface area contributed by atoms with E-state index in [9.17, 15) is 4.79 Å². The Balaban J connectivity index is 1.30. The van der Waals surface area contributed by atoms with Crippen LogP contribution in [0.2, 0.25) is 0 Å². The van der Waals surface area contributed by atoms with Gasteiger partial charge in [0, 0.05) is 24.1 Å². The van der Waals surface area contributed by atoms with E-state index in [1.165, 1.54) is 11.1 Å². The maximum absolute atomic E-state index is 13.1. The van der Waals surface area contributed by atoms with E-state index in [0.717, 1.165) is 43.6 Å². The van der Waals surface area contributed by atoms with Crippen molar-refractivity contribution < 1.29 is 4.79 Å². The van der Waals surface area contributed by atoms with Crippen molar-refractivity contribution in [2.45, 2.75) is 37.8 Å². The lowest BCUT2D eigenvalue weighted by molar-refractivity contribution is -0.121. The number of nitrogens with zero attached hydrogens (tertiary/aromatic N) is 3. The SMILES string of the molecule is O=C(Nc1cccc(-n2cccn2)c1)[C@@H]1CCCN1C1Cc2ccccc2C1. The van der Waals surface area contributed by atoms with Crippen LogP contribution in [0, 0.1) is 0 Å². The molecular weight excluding hydrogens is 348 g/mol. The zero-order valence-electron chi connectivity index (χ0n) is 15.8. The minimum Gasteiger partial charge on any atom is -0.325 e. The molecule has 0 bridgehead atoms. The summed E-state index contributed by atoms with van der Waals surface area (Å²) in [6.45, 7) is 1.00. The third kappa shape index (κ3) is 3.22. The van der Waals surface area contributed by atoms with E-state index >= 15 is 0 Å². The molecule has 0 unspecified atom stereocenters. The van der Waals surface area contributed by atoms with E-state index in [1.54, 1.807) is 10.9 Å². The Hall–Kier alpha value is -2.92. The first kappa shape index (κ1) is 17.2. The van der Waals surface area contributed by atoms with Gasteiger partial charge in [-0.2, -0.15) is 5.10 Å². The fourth-order valence-corrected chi connectivity index (χ4v) is 4.65. The predicted octanol–water partition coefficient (Wildman–Crippen LogP) is 3.44. The number of amides is 1. The van der Waals surface area contributed by atoms with Crippen LogP contribution in [0.1, 0.15) is 24.0 Å². The quantitative estimate of drug-likeness (QED) is 0.763. The zero-order chi connectivity index (χ0) is 18.9. The molecule has 0 saturated carbocycles. The van der Waals surface area contributed by atoms with Gasteiger partial charge in [-0.1, -0.05) is 30.3 Å². The molecule has 0 radical (unpaired) electrons. The van der Waals surface area contributed by atoms with Gasteiger partial charge in [-0.3, -0.25) is 9.69 Å². The summed E-state index contributed by atoms with van der Waals surface area (Å²) in [6.07, 6.45) is 7.76. The van der Waals surface area contributed by atoms with Crippen molar-refractivity contribution in [2.24, 2.45) is 0 Å². The predicted molar refractivity (Wildman–Crippen MR) is 110 cm³/mol. The lowest BCUT2D eigenvalue weighted by Gasteiger charge is -2.29. The molecular formula is C23H24N4O. The molecule has 142 valence electrons. The second-order valence-electron chi connectivity index (χ2n) is 7.72. The number of fused-ring (bicyclic) bond motifs is 1. The Bertz CT molecular complexity index is 957. The summed E-state index contributed by atoms with van der Waals surface area (Å²) >= 11 is 0. The number of nitrogens with one attached hydrogen (secondary N) is 1. The van der Waals surface area contributed by atoms with Gasteiger partial charge in [-0.15, -0.1) is 0 Å². The van der Waals surface area contributed by atoms with E-state index in [-0.39, 0.29) is 11.9 Å². The molecule has 5 nitrogen and oxygen atoms in total. The number of benzene rings is 2. The van der Waals surface area contributed by atoms with Gasteiger partial charge in [-0.25, -0.2) is 4.68 Å². The Morgan fingerprint density at radius 1 is 1.04 bits per heavy atom. The Morgan fingerprint density at radius 2 is 1.86 bits per heavy atom. The summed E-state index contributed by atoms with van der Waals surface area (Å²) in [5.74, 6) is 0.103. The lowest BCUT2D eigenvalue weighted by atomic mass is 10.1. The first-order valence-corrected chi connectivity index (χ1v) is 10.0. The number of aromatic nitrogens is 2. The monoisotopic (exact) mass is 372 g/mol. The van der Waals surface area contributed by atoms with Crippen LogP contribution in [0.5, 0.6) is 0 Å². The van der Waals surface area contributed by atoms with Crippen LogP contribution in [0.25, 0.3) is 5.69 Å². The van der Waals surface area contributed by atoms with E-state index < -0.39 is 0 Å². The molecule has 0 spiro atoms. The molecule has 1 amide bonds. The summed E-state index contributed by atoms with van der Waals surface area (Å²) in [5.41, 5.74) is 4.63. The van der Waals surface area contributed by atoms with Crippen LogP contribution in [0.3, 0.4) is 0 Å². The van der Waals surface area contributed by atoms with E-state index in [2.05, 4.69) is 39.6 Å². The molecule has 1 atom stereocenters. The summed E-state index contributed by atoms with van der Waals surface area (Å²) in [7, 11) is 0. The van der Waals surface area contributed by atoms with Crippen LogP contribution in [0.4, 0.5) is 5.69 Å². The molecule has 1 fully saturated rings. The maximum atomic E-state index is 13.1. The van der Waals surface area contributed by atoms with Crippen molar-refractivity contribution in [3.8, 4) is 5.69 Å². The first-order chi connectivity index (χ1) is 13.8. The highest BCUT2D eigenvalue weighted by atomic mass is 16.2. The third-order valence-corrected chi connectivity index (χ3v) is 5.98. The van der Waals surface area contributed by atoms with Gasteiger partial charge in [0.25, 0.3) is 0 Å². The molecule has 1 aliphatic carbocycles. The summed E-state index contributed by atoms with van der Waals surface area (Å²) in [5, 5.41) is 7.40. The molecule has 1 N–H and O–H groups in total. The number of carbonyl (C=O) groups excluding carboxylic acids is 1. The van der Waals surface area contributed by atoms with Crippen molar-refractivity contribution in [1.82, 2.24) is 14.7 Å². The van der Waals surface area contributed by atoms with Crippen LogP contribution < -0.4 is 5.32 Å². The molecule has 5 rings (SSSR count). The zero-order valence-corrected chi connectivity index (χ0v) is 15.8. The Morgan fingerprint density at radius 3 is 2.61 bits per heavy atom. The van der Waals surface area contributed by atoms with Crippen molar-refractivity contribution in [2.75, 3.05) is 11.9 Å². The van der Waals surface area contributed by atoms with Crippen LogP contribution in [-0.4, -0.2) is 39.2 Å². The van der Waals surface area contributed by atoms with Crippen LogP contribution in [0.15, 0.2) is 67.0 Å². The van der Waals surface area contributed by atoms with Crippen LogP contribution in [-0.2, 0) is 17.6 Å². The van der Waals surface area contributed by atoms with Crippen molar-refractivity contribution in [3.05, 3.63) is 78.1 Å². The fraction of sp³-hybridized carbons (Fsp3) is 0.304. The lowest BCUT2D eigenvalue weighted by Crippen LogP contribution is -2.45. The second kappa shape index (κ2) is 7.24. The van der Waals surface area contributed by atoms with Gasteiger partial charge < -0.3 is 5.32 Å². The minimum atomic E-state index is -0.0485. The smallest absolute Gasteiger partial charge is 0.241 e. The minimum absolute atomic E-state index is 0.0485. The average Bonchev–Trinajstić information content (AvgIpc) is 3.48. The molecule has 2 heterocycles. The summed E-state index contributed by atoms with van der Waals surface area (Å²) in [6, 6.07) is 18.8. The van der Waals surface area contributed by atoms with Gasteiger partial charge in [0.05, 0.1) is 11.7 Å². The molecule has 3 aromatic rings. The molecule has 5 heteroatoms. The Kier molecular flexibility index (Phi) is 4.45. The normalized spacial score (nSPS) is 19.6. The third-order valence-electron chi connectivity index (χ3n) is 5.98. The number of hydrogen-bond donors (Lipinski definition) is 1. The highest BCUT2D eigenvalue weighted by Gasteiger charge is 2.37. The maximum Gasteiger partial charge on any atom is 0.241 e. The van der Waals surface area contributed by atoms with E-state index in [1.807, 2.05) is 36.5 Å². The van der Waals surface area contributed by atoms with Crippen molar-refractivity contribution >= 4 is 11.6 Å². The second-order valence-corrected chi connectivity index (χ2v) is 7.72. The molecule has 1 aromatic heterocycles. The number of rotatable bonds is 4. The highest BCUT2D eigenvalue weighted by molar-refractivity contribution is 5.95. The average molecular weight is 372 g/mol. The number of likely N-dealkylation sites (tertiary alicyclic amines) is 1. The molecule has 2 aromatic carbocycles. The topological polar surface area (TPSA) is 50.2 Å². The highest BCUT2D eigenvalue weighted by Crippen LogP contribution is 2.31. The van der Waals surface area contributed by atoms with Crippen molar-refractivity contribution in [1.29, 1.82) is 0 Å². The molecule has 28 heavy (non-hydrogen) atoms. The van der Waals surface area contributed by atoms with E-state index in [4.69, 9.17) is 0 Å². The van der Waals surface area contributed by atoms with Gasteiger partial charge in [0.15, 0.2) is 0 Å².